The predicted octanol–water partition coefficient (Wildman–Crippen LogP) is 0.190. The first-order valence-electron chi connectivity index (χ1n) is 8.07. The molecule has 0 unspecified atom stereocenters. The topological polar surface area (TPSA) is 87.4 Å². The lowest BCUT2D eigenvalue weighted by atomic mass is 10.2. The van der Waals surface area contributed by atoms with Crippen LogP contribution in [0.15, 0.2) is 4.99 Å². The highest BCUT2D eigenvalue weighted by Gasteiger charge is 2.17. The van der Waals surface area contributed by atoms with E-state index in [1.165, 1.54) is 12.8 Å². The van der Waals surface area contributed by atoms with E-state index in [0.29, 0.717) is 18.5 Å². The minimum atomic E-state index is 0.0143. The van der Waals surface area contributed by atoms with Crippen molar-refractivity contribution < 1.29 is 4.79 Å². The van der Waals surface area contributed by atoms with E-state index in [1.54, 1.807) is 19.0 Å². The maximum Gasteiger partial charge on any atom is 0.241 e. The molecule has 0 atom stereocenters. The average Bonchev–Trinajstić information content (AvgIpc) is 3.13. The maximum absolute atomic E-state index is 11.8. The van der Waals surface area contributed by atoms with Crippen LogP contribution in [0.4, 0.5) is 0 Å². The first-order valence-corrected chi connectivity index (χ1v) is 8.07. The van der Waals surface area contributed by atoms with Gasteiger partial charge in [0, 0.05) is 27.2 Å². The summed E-state index contributed by atoms with van der Waals surface area (Å²) in [5.41, 5.74) is 0. The number of aromatic nitrogens is 3. The molecule has 2 rings (SSSR count). The van der Waals surface area contributed by atoms with Gasteiger partial charge in [-0.2, -0.15) is 0 Å². The van der Waals surface area contributed by atoms with Crippen LogP contribution in [-0.2, 0) is 18.4 Å². The van der Waals surface area contributed by atoms with Gasteiger partial charge in [0.15, 0.2) is 11.8 Å². The summed E-state index contributed by atoms with van der Waals surface area (Å²) in [4.78, 5) is 17.9. The smallest absolute Gasteiger partial charge is 0.241 e. The van der Waals surface area contributed by atoms with Crippen molar-refractivity contribution in [2.24, 2.45) is 12.0 Å². The molecule has 1 aliphatic carbocycles. The zero-order valence-electron chi connectivity index (χ0n) is 14.5. The highest BCUT2D eigenvalue weighted by atomic mass is 16.2. The summed E-state index contributed by atoms with van der Waals surface area (Å²) in [5.74, 6) is 2.33. The van der Waals surface area contributed by atoms with E-state index in [-0.39, 0.29) is 12.5 Å². The van der Waals surface area contributed by atoms with Crippen LogP contribution < -0.4 is 10.6 Å². The highest BCUT2D eigenvalue weighted by molar-refractivity contribution is 5.86. The lowest BCUT2D eigenvalue weighted by Crippen LogP contribution is -2.46. The second-order valence-electron chi connectivity index (χ2n) is 6.15. The molecule has 1 aliphatic rings. The fourth-order valence-corrected chi connectivity index (χ4v) is 2.47. The second-order valence-corrected chi connectivity index (χ2v) is 6.15. The number of nitrogens with zero attached hydrogens (tertiary/aromatic N) is 5. The summed E-state index contributed by atoms with van der Waals surface area (Å²) in [7, 11) is 5.41. The molecule has 1 amide bonds. The molecule has 1 fully saturated rings. The van der Waals surface area contributed by atoms with Crippen molar-refractivity contribution in [3.05, 3.63) is 11.6 Å². The number of rotatable bonds is 5. The summed E-state index contributed by atoms with van der Waals surface area (Å²) in [6, 6.07) is 0.428. The third kappa shape index (κ3) is 4.94. The minimum Gasteiger partial charge on any atom is -0.354 e. The Labute approximate surface area is 137 Å². The first kappa shape index (κ1) is 17.2. The van der Waals surface area contributed by atoms with Gasteiger partial charge in [-0.3, -0.25) is 4.79 Å². The number of guanidine groups is 1. The first-order chi connectivity index (χ1) is 11.0. The number of hydrogen-bond donors (Lipinski definition) is 2. The molecule has 0 aromatic carbocycles. The third-order valence-corrected chi connectivity index (χ3v) is 4.16. The largest absolute Gasteiger partial charge is 0.354 e. The van der Waals surface area contributed by atoms with Crippen LogP contribution in [-0.4, -0.2) is 58.2 Å². The molecule has 1 heterocycles. The Morgan fingerprint density at radius 2 is 2.04 bits per heavy atom. The Morgan fingerprint density at radius 3 is 2.61 bits per heavy atom. The molecule has 8 nitrogen and oxygen atoms in total. The Bertz CT molecular complexity index is 558. The summed E-state index contributed by atoms with van der Waals surface area (Å²) < 4.78 is 1.92. The van der Waals surface area contributed by atoms with E-state index < -0.39 is 0 Å². The van der Waals surface area contributed by atoms with Crippen molar-refractivity contribution in [1.82, 2.24) is 30.3 Å². The van der Waals surface area contributed by atoms with E-state index in [1.807, 2.05) is 18.5 Å². The number of nitrogens with one attached hydrogen (secondary N) is 2. The fourth-order valence-electron chi connectivity index (χ4n) is 2.47. The molecule has 2 N–H and O–H groups in total. The van der Waals surface area contributed by atoms with Gasteiger partial charge in [-0.25, -0.2) is 4.99 Å². The van der Waals surface area contributed by atoms with Crippen LogP contribution in [0.25, 0.3) is 0 Å². The van der Waals surface area contributed by atoms with Gasteiger partial charge in [-0.1, -0.05) is 12.8 Å². The van der Waals surface area contributed by atoms with E-state index in [9.17, 15) is 4.79 Å². The zero-order chi connectivity index (χ0) is 16.8. The predicted molar refractivity (Wildman–Crippen MR) is 89.0 cm³/mol. The summed E-state index contributed by atoms with van der Waals surface area (Å²) >= 11 is 0. The van der Waals surface area contributed by atoms with Gasteiger partial charge < -0.3 is 20.1 Å². The Morgan fingerprint density at radius 1 is 1.35 bits per heavy atom. The van der Waals surface area contributed by atoms with Crippen LogP contribution in [0.3, 0.4) is 0 Å². The van der Waals surface area contributed by atoms with Crippen molar-refractivity contribution in [2.75, 3.05) is 20.6 Å². The van der Waals surface area contributed by atoms with Crippen molar-refractivity contribution in [1.29, 1.82) is 0 Å². The van der Waals surface area contributed by atoms with E-state index in [2.05, 4.69) is 25.8 Å². The van der Waals surface area contributed by atoms with Gasteiger partial charge in [0.05, 0.1) is 6.54 Å². The van der Waals surface area contributed by atoms with Crippen molar-refractivity contribution in [3.8, 4) is 0 Å². The standard InChI is InChI=1S/C15H27N7O/c1-11-19-20-13(22(11)4)9-16-15(17-10-14(23)21(2)3)18-12-7-5-6-8-12/h12H,5-10H2,1-4H3,(H2,16,17,18). The normalized spacial score (nSPS) is 15.7. The van der Waals surface area contributed by atoms with Crippen LogP contribution >= 0.6 is 0 Å². The second kappa shape index (κ2) is 7.94. The number of carbonyl (C=O) groups excluding carboxylic acids is 1. The molecular formula is C15H27N7O. The lowest BCUT2D eigenvalue weighted by molar-refractivity contribution is -0.127. The van der Waals surface area contributed by atoms with Crippen LogP contribution in [0.5, 0.6) is 0 Å². The Kier molecular flexibility index (Phi) is 5.95. The van der Waals surface area contributed by atoms with Gasteiger partial charge in [-0.05, 0) is 19.8 Å². The fraction of sp³-hybridized carbons (Fsp3) is 0.733. The van der Waals surface area contributed by atoms with Crippen LogP contribution in [0.1, 0.15) is 37.3 Å². The van der Waals surface area contributed by atoms with Crippen molar-refractivity contribution in [2.45, 2.75) is 45.2 Å². The Balaban J connectivity index is 2.00. The summed E-state index contributed by atoms with van der Waals surface area (Å²) in [6.07, 6.45) is 4.77. The minimum absolute atomic E-state index is 0.0143. The molecule has 0 bridgehead atoms. The van der Waals surface area contributed by atoms with Crippen LogP contribution in [0.2, 0.25) is 0 Å². The molecule has 0 saturated heterocycles. The number of amides is 1. The molecule has 1 aromatic heterocycles. The van der Waals surface area contributed by atoms with Crippen molar-refractivity contribution in [3.63, 3.8) is 0 Å². The summed E-state index contributed by atoms with van der Waals surface area (Å²) in [6.45, 7) is 2.56. The SMILES string of the molecule is Cc1nnc(CN=C(NCC(=O)N(C)C)NC2CCCC2)n1C. The zero-order valence-corrected chi connectivity index (χ0v) is 14.5. The average molecular weight is 321 g/mol. The van der Waals surface area contributed by atoms with Gasteiger partial charge in [-0.15, -0.1) is 10.2 Å². The summed E-state index contributed by atoms with van der Waals surface area (Å²) in [5, 5.41) is 14.7. The maximum atomic E-state index is 11.8. The number of carbonyl (C=O) groups is 1. The Hall–Kier alpha value is -2.12. The molecule has 8 heteroatoms. The molecular weight excluding hydrogens is 294 g/mol. The number of likely N-dealkylation sites (N-methyl/N-ethyl adjacent to an activating group) is 1. The lowest BCUT2D eigenvalue weighted by Gasteiger charge is -2.18. The monoisotopic (exact) mass is 321 g/mol. The number of aryl methyl sites for hydroxylation is 1. The highest BCUT2D eigenvalue weighted by Crippen LogP contribution is 2.17. The molecule has 1 saturated carbocycles. The van der Waals surface area contributed by atoms with Gasteiger partial charge in [0.2, 0.25) is 5.91 Å². The van der Waals surface area contributed by atoms with E-state index >= 15 is 0 Å². The molecule has 0 spiro atoms. The van der Waals surface area contributed by atoms with Gasteiger partial charge in [0.1, 0.15) is 12.4 Å². The molecule has 23 heavy (non-hydrogen) atoms. The quantitative estimate of drug-likeness (QED) is 0.597. The van der Waals surface area contributed by atoms with Crippen molar-refractivity contribution >= 4 is 11.9 Å². The van der Waals surface area contributed by atoms with Gasteiger partial charge >= 0.3 is 0 Å². The number of hydrogen-bond acceptors (Lipinski definition) is 4. The molecule has 0 radical (unpaired) electrons. The molecule has 1 aromatic rings. The van der Waals surface area contributed by atoms with Crippen LogP contribution in [0, 0.1) is 6.92 Å². The van der Waals surface area contributed by atoms with E-state index in [4.69, 9.17) is 0 Å². The molecule has 0 aliphatic heterocycles. The number of aliphatic imine (C=N–C) groups is 1. The van der Waals surface area contributed by atoms with Gasteiger partial charge in [0.25, 0.3) is 0 Å². The molecule has 128 valence electrons. The van der Waals surface area contributed by atoms with E-state index in [0.717, 1.165) is 24.5 Å². The third-order valence-electron chi connectivity index (χ3n) is 4.16.